The molecule has 2 aromatic carbocycles. The van der Waals surface area contributed by atoms with Gasteiger partial charge in [0.05, 0.1) is 16.5 Å². The molecule has 160 valence electrons. The number of ketones is 1. The maximum absolute atomic E-state index is 12.8. The number of nitro benzene ring substituents is 1. The van der Waals surface area contributed by atoms with Gasteiger partial charge in [-0.3, -0.25) is 24.5 Å². The van der Waals surface area contributed by atoms with Crippen LogP contribution in [0.1, 0.15) is 24.1 Å². The highest BCUT2D eigenvalue weighted by molar-refractivity contribution is 6.46. The Morgan fingerprint density at radius 3 is 2.32 bits per heavy atom. The lowest BCUT2D eigenvalue weighted by Gasteiger charge is -2.25. The van der Waals surface area contributed by atoms with Crippen LogP contribution < -0.4 is 5.32 Å². The smallest absolute Gasteiger partial charge is 0.295 e. The van der Waals surface area contributed by atoms with Crippen molar-refractivity contribution in [2.75, 3.05) is 13.1 Å². The molecule has 3 rings (SSSR count). The van der Waals surface area contributed by atoms with E-state index in [2.05, 4.69) is 5.32 Å². The number of benzene rings is 2. The molecule has 10 heteroatoms. The van der Waals surface area contributed by atoms with Crippen LogP contribution in [0, 0.1) is 10.1 Å². The minimum Gasteiger partial charge on any atom is -0.507 e. The number of Topliss-reactive ketones (excluding diaryl/α,β-unsaturated/α-hetero) is 1. The molecule has 1 fully saturated rings. The minimum absolute atomic E-state index is 0.00318. The summed E-state index contributed by atoms with van der Waals surface area (Å²) >= 11 is 5.88. The van der Waals surface area contributed by atoms with Gasteiger partial charge in [-0.05, 0) is 42.0 Å². The average Bonchev–Trinajstić information content (AvgIpc) is 2.98. The molecule has 1 heterocycles. The quantitative estimate of drug-likeness (QED) is 0.232. The highest BCUT2D eigenvalue weighted by Gasteiger charge is 2.45. The molecule has 0 saturated carbocycles. The molecule has 2 amide bonds. The summed E-state index contributed by atoms with van der Waals surface area (Å²) in [7, 11) is 0. The first-order valence-corrected chi connectivity index (χ1v) is 9.61. The molecule has 2 aromatic rings. The van der Waals surface area contributed by atoms with E-state index in [4.69, 9.17) is 11.6 Å². The second kappa shape index (κ2) is 8.97. The van der Waals surface area contributed by atoms with Gasteiger partial charge < -0.3 is 15.3 Å². The predicted octanol–water partition coefficient (Wildman–Crippen LogP) is 2.81. The topological polar surface area (TPSA) is 130 Å². The Kier molecular flexibility index (Phi) is 6.36. The lowest BCUT2D eigenvalue weighted by molar-refractivity contribution is -0.384. The van der Waals surface area contributed by atoms with Crippen molar-refractivity contribution >= 4 is 40.6 Å². The summed E-state index contributed by atoms with van der Waals surface area (Å²) in [5.74, 6) is -2.42. The molecule has 0 aromatic heterocycles. The molecule has 1 aliphatic heterocycles. The molecule has 0 bridgehead atoms. The van der Waals surface area contributed by atoms with Gasteiger partial charge in [0.15, 0.2) is 0 Å². The van der Waals surface area contributed by atoms with Crippen LogP contribution in [0.25, 0.3) is 5.76 Å². The highest BCUT2D eigenvalue weighted by Crippen LogP contribution is 2.39. The van der Waals surface area contributed by atoms with E-state index in [9.17, 15) is 29.6 Å². The third-order valence-electron chi connectivity index (χ3n) is 4.80. The normalized spacial score (nSPS) is 17.6. The van der Waals surface area contributed by atoms with Crippen molar-refractivity contribution < 1.29 is 24.4 Å². The Labute approximate surface area is 182 Å². The largest absolute Gasteiger partial charge is 0.507 e. The number of nitrogens with zero attached hydrogens (tertiary/aromatic N) is 2. The predicted molar refractivity (Wildman–Crippen MR) is 112 cm³/mol. The van der Waals surface area contributed by atoms with Gasteiger partial charge in [0.25, 0.3) is 17.4 Å². The number of halogens is 1. The Hall–Kier alpha value is -3.72. The van der Waals surface area contributed by atoms with E-state index in [-0.39, 0.29) is 41.6 Å². The van der Waals surface area contributed by atoms with Crippen molar-refractivity contribution in [2.24, 2.45) is 0 Å². The number of nitrogens with one attached hydrogen (secondary N) is 1. The molecule has 0 aliphatic carbocycles. The maximum atomic E-state index is 12.8. The number of likely N-dealkylation sites (tertiary alicyclic amines) is 1. The van der Waals surface area contributed by atoms with E-state index in [0.29, 0.717) is 10.6 Å². The lowest BCUT2D eigenvalue weighted by Crippen LogP contribution is -2.37. The van der Waals surface area contributed by atoms with E-state index in [1.54, 1.807) is 0 Å². The summed E-state index contributed by atoms with van der Waals surface area (Å²) < 4.78 is 0. The number of carbonyl (C=O) groups excluding carboxylic acids is 3. The number of carbonyl (C=O) groups is 3. The number of aliphatic hydroxyl groups excluding tert-OH is 1. The first kappa shape index (κ1) is 22.0. The van der Waals surface area contributed by atoms with Crippen molar-refractivity contribution in [3.05, 3.63) is 80.4 Å². The third kappa shape index (κ3) is 4.56. The summed E-state index contributed by atoms with van der Waals surface area (Å²) in [5.41, 5.74) is 0.389. The van der Waals surface area contributed by atoms with Gasteiger partial charge in [-0.25, -0.2) is 0 Å². The zero-order valence-corrected chi connectivity index (χ0v) is 17.1. The summed E-state index contributed by atoms with van der Waals surface area (Å²) in [5, 5.41) is 24.8. The monoisotopic (exact) mass is 443 g/mol. The first-order valence-electron chi connectivity index (χ1n) is 9.24. The molecule has 2 N–H and O–H groups in total. The average molecular weight is 444 g/mol. The highest BCUT2D eigenvalue weighted by atomic mass is 35.5. The number of aliphatic hydroxyl groups is 1. The van der Waals surface area contributed by atoms with Crippen LogP contribution in [-0.2, 0) is 14.4 Å². The van der Waals surface area contributed by atoms with Crippen molar-refractivity contribution in [1.82, 2.24) is 10.2 Å². The number of amides is 2. The van der Waals surface area contributed by atoms with Gasteiger partial charge in [0.2, 0.25) is 5.91 Å². The van der Waals surface area contributed by atoms with E-state index in [1.165, 1.54) is 60.4 Å². The van der Waals surface area contributed by atoms with Crippen molar-refractivity contribution in [2.45, 2.75) is 13.0 Å². The standard InChI is InChI=1S/C21H18ClN3O6/c1-12(26)23-10-11-24-18(13-4-8-16(9-5-13)25(30)31)17(20(28)21(24)29)19(27)14-2-6-15(22)7-3-14/h2-9,18,27H,10-11H2,1H3,(H,23,26)/b19-17-. The Morgan fingerprint density at radius 2 is 1.77 bits per heavy atom. The third-order valence-corrected chi connectivity index (χ3v) is 5.06. The summed E-state index contributed by atoms with van der Waals surface area (Å²) in [6, 6.07) is 10.5. The zero-order chi connectivity index (χ0) is 22.7. The fourth-order valence-corrected chi connectivity index (χ4v) is 3.48. The summed E-state index contributed by atoms with van der Waals surface area (Å²) in [4.78, 5) is 48.4. The number of non-ortho nitro benzene ring substituents is 1. The van der Waals surface area contributed by atoms with Crippen LogP contribution in [0.15, 0.2) is 54.1 Å². The second-order valence-electron chi connectivity index (χ2n) is 6.83. The van der Waals surface area contributed by atoms with Crippen LogP contribution >= 0.6 is 11.6 Å². The van der Waals surface area contributed by atoms with Crippen LogP contribution in [0.3, 0.4) is 0 Å². The maximum Gasteiger partial charge on any atom is 0.295 e. The van der Waals surface area contributed by atoms with Gasteiger partial charge in [0, 0.05) is 42.7 Å². The molecule has 1 aliphatic rings. The van der Waals surface area contributed by atoms with Crippen LogP contribution in [-0.4, -0.2) is 45.6 Å². The Balaban J connectivity index is 2.10. The number of nitro groups is 1. The number of rotatable bonds is 6. The molecule has 0 spiro atoms. The number of hydrogen-bond acceptors (Lipinski definition) is 6. The van der Waals surface area contributed by atoms with Crippen molar-refractivity contribution in [3.8, 4) is 0 Å². The molecule has 0 radical (unpaired) electrons. The molecule has 31 heavy (non-hydrogen) atoms. The molecular formula is C21H18ClN3O6. The van der Waals surface area contributed by atoms with Gasteiger partial charge in [-0.15, -0.1) is 0 Å². The Bertz CT molecular complexity index is 1080. The van der Waals surface area contributed by atoms with Crippen LogP contribution in [0.4, 0.5) is 5.69 Å². The fraction of sp³-hybridized carbons (Fsp3) is 0.190. The molecule has 1 unspecified atom stereocenters. The Morgan fingerprint density at radius 1 is 1.16 bits per heavy atom. The first-order chi connectivity index (χ1) is 14.7. The van der Waals surface area contributed by atoms with E-state index >= 15 is 0 Å². The van der Waals surface area contributed by atoms with Gasteiger partial charge in [0.1, 0.15) is 5.76 Å². The molecule has 9 nitrogen and oxygen atoms in total. The fourth-order valence-electron chi connectivity index (χ4n) is 3.35. The molecule has 1 saturated heterocycles. The van der Waals surface area contributed by atoms with Gasteiger partial charge in [-0.2, -0.15) is 0 Å². The van der Waals surface area contributed by atoms with Gasteiger partial charge in [-0.1, -0.05) is 11.6 Å². The molecular weight excluding hydrogens is 426 g/mol. The molecule has 1 atom stereocenters. The SMILES string of the molecule is CC(=O)NCCN1C(=O)C(=O)/C(=C(\O)c2ccc(Cl)cc2)C1c1ccc([N+](=O)[O-])cc1. The lowest BCUT2D eigenvalue weighted by atomic mass is 9.95. The van der Waals surface area contributed by atoms with Crippen LogP contribution in [0.2, 0.25) is 5.02 Å². The minimum atomic E-state index is -0.981. The van der Waals surface area contributed by atoms with E-state index < -0.39 is 22.7 Å². The van der Waals surface area contributed by atoms with Crippen molar-refractivity contribution in [1.29, 1.82) is 0 Å². The summed E-state index contributed by atoms with van der Waals surface area (Å²) in [6.45, 7) is 1.42. The number of hydrogen-bond donors (Lipinski definition) is 2. The van der Waals surface area contributed by atoms with Crippen molar-refractivity contribution in [3.63, 3.8) is 0 Å². The zero-order valence-electron chi connectivity index (χ0n) is 16.4. The van der Waals surface area contributed by atoms with Crippen LogP contribution in [0.5, 0.6) is 0 Å². The van der Waals surface area contributed by atoms with E-state index in [1.807, 2.05) is 0 Å². The van der Waals surface area contributed by atoms with Gasteiger partial charge >= 0.3 is 0 Å². The van der Waals surface area contributed by atoms with E-state index in [0.717, 1.165) is 0 Å². The second-order valence-corrected chi connectivity index (χ2v) is 7.27. The summed E-state index contributed by atoms with van der Waals surface area (Å²) in [6.07, 6.45) is 0.